The van der Waals surface area contributed by atoms with E-state index < -0.39 is 0 Å². The monoisotopic (exact) mass is 411 g/mol. The van der Waals surface area contributed by atoms with Crippen LogP contribution in [0.25, 0.3) is 38.5 Å². The molecule has 0 amide bonds. The summed E-state index contributed by atoms with van der Waals surface area (Å²) in [6.07, 6.45) is 0. The Morgan fingerprint density at radius 3 is 2.57 bits per heavy atom. The van der Waals surface area contributed by atoms with Crippen molar-refractivity contribution in [2.24, 2.45) is 0 Å². The fourth-order valence-corrected chi connectivity index (χ4v) is 4.27. The van der Waals surface area contributed by atoms with E-state index in [1.54, 1.807) is 23.3 Å². The molecule has 0 N–H and O–H groups in total. The first-order valence-corrected chi connectivity index (χ1v) is 10.3. The number of para-hydroxylation sites is 1. The van der Waals surface area contributed by atoms with Gasteiger partial charge in [-0.1, -0.05) is 48.5 Å². The van der Waals surface area contributed by atoms with Gasteiger partial charge in [-0.05, 0) is 24.3 Å². The van der Waals surface area contributed by atoms with E-state index in [4.69, 9.17) is 9.72 Å². The van der Waals surface area contributed by atoms with Gasteiger partial charge < -0.3 is 4.74 Å². The van der Waals surface area contributed by atoms with Crippen LogP contribution in [0, 0.1) is 0 Å². The Balaban J connectivity index is 1.85. The first kappa shape index (κ1) is 18.3. The molecule has 0 bridgehead atoms. The fraction of sp³-hybridized carbons (Fsp3) is 0.0417. The van der Waals surface area contributed by atoms with E-state index in [1.807, 2.05) is 72.8 Å². The number of methoxy groups -OCH3 is 1. The Morgan fingerprint density at radius 2 is 1.73 bits per heavy atom. The number of hydrogen-bond acceptors (Lipinski definition) is 5. The molecule has 0 saturated carbocycles. The second-order valence-corrected chi connectivity index (χ2v) is 7.55. The van der Waals surface area contributed by atoms with Crippen molar-refractivity contribution in [2.75, 3.05) is 7.11 Å². The quantitative estimate of drug-likeness (QED) is 0.409. The number of ether oxygens (including phenoxy) is 1. The van der Waals surface area contributed by atoms with Crippen molar-refractivity contribution in [2.45, 2.75) is 0 Å². The van der Waals surface area contributed by atoms with Crippen molar-refractivity contribution in [1.82, 2.24) is 14.5 Å². The van der Waals surface area contributed by atoms with Gasteiger partial charge in [0.15, 0.2) is 5.82 Å². The SMILES string of the molecule is COc1cccc(-n2c(-c3scnc3-c3ccccc3)nc3ccccc3c2=O)c1. The second-order valence-electron chi connectivity index (χ2n) is 6.69. The maximum absolute atomic E-state index is 13.6. The summed E-state index contributed by atoms with van der Waals surface area (Å²) in [5.41, 5.74) is 4.79. The zero-order valence-electron chi connectivity index (χ0n) is 16.1. The lowest BCUT2D eigenvalue weighted by molar-refractivity contribution is 0.414. The Morgan fingerprint density at radius 1 is 0.933 bits per heavy atom. The van der Waals surface area contributed by atoms with Crippen LogP contribution < -0.4 is 10.3 Å². The van der Waals surface area contributed by atoms with E-state index in [2.05, 4.69) is 4.98 Å². The highest BCUT2D eigenvalue weighted by Gasteiger charge is 2.20. The van der Waals surface area contributed by atoms with E-state index in [9.17, 15) is 4.79 Å². The topological polar surface area (TPSA) is 57.0 Å². The number of benzene rings is 3. The molecule has 0 fully saturated rings. The number of nitrogens with zero attached hydrogens (tertiary/aromatic N) is 3. The van der Waals surface area contributed by atoms with E-state index in [0.717, 1.165) is 16.1 Å². The van der Waals surface area contributed by atoms with Gasteiger partial charge in [-0.3, -0.25) is 9.36 Å². The molecule has 0 radical (unpaired) electrons. The van der Waals surface area contributed by atoms with Gasteiger partial charge in [0, 0.05) is 11.6 Å². The summed E-state index contributed by atoms with van der Waals surface area (Å²) >= 11 is 1.47. The van der Waals surface area contributed by atoms with Gasteiger partial charge in [0.05, 0.1) is 39.8 Å². The standard InChI is InChI=1S/C24H17N3O2S/c1-29-18-11-7-10-17(14-18)27-23(26-20-13-6-5-12-19(20)24(27)28)22-21(25-15-30-22)16-8-3-2-4-9-16/h2-15H,1H3. The highest BCUT2D eigenvalue weighted by atomic mass is 32.1. The maximum Gasteiger partial charge on any atom is 0.266 e. The normalized spacial score (nSPS) is 11.0. The molecule has 0 saturated heterocycles. The molecule has 0 unspecified atom stereocenters. The van der Waals surface area contributed by atoms with Crippen LogP contribution in [-0.2, 0) is 0 Å². The van der Waals surface area contributed by atoms with Gasteiger partial charge in [-0.2, -0.15) is 0 Å². The summed E-state index contributed by atoms with van der Waals surface area (Å²) < 4.78 is 7.03. The van der Waals surface area contributed by atoms with Crippen molar-refractivity contribution >= 4 is 22.2 Å². The van der Waals surface area contributed by atoms with Crippen LogP contribution in [0.3, 0.4) is 0 Å². The molecule has 0 aliphatic rings. The molecule has 0 spiro atoms. The molecule has 0 aliphatic heterocycles. The number of thiazole rings is 1. The third kappa shape index (κ3) is 3.07. The third-order valence-corrected chi connectivity index (χ3v) is 5.73. The van der Waals surface area contributed by atoms with E-state index >= 15 is 0 Å². The maximum atomic E-state index is 13.6. The summed E-state index contributed by atoms with van der Waals surface area (Å²) in [4.78, 5) is 23.9. The van der Waals surface area contributed by atoms with Crippen molar-refractivity contribution in [3.05, 3.63) is 94.7 Å². The van der Waals surface area contributed by atoms with Gasteiger partial charge in [-0.25, -0.2) is 9.97 Å². The fourth-order valence-electron chi connectivity index (χ4n) is 3.48. The molecule has 146 valence electrons. The number of hydrogen-bond donors (Lipinski definition) is 0. The summed E-state index contributed by atoms with van der Waals surface area (Å²) in [6.45, 7) is 0. The average Bonchev–Trinajstić information content (AvgIpc) is 3.29. The minimum Gasteiger partial charge on any atom is -0.497 e. The predicted octanol–water partition coefficient (Wildman–Crippen LogP) is 5.18. The number of aromatic nitrogens is 3. The molecule has 6 heteroatoms. The lowest BCUT2D eigenvalue weighted by atomic mass is 10.1. The van der Waals surface area contributed by atoms with Crippen molar-refractivity contribution in [1.29, 1.82) is 0 Å². The molecule has 3 aromatic carbocycles. The molecular weight excluding hydrogens is 394 g/mol. The summed E-state index contributed by atoms with van der Waals surface area (Å²) in [5.74, 6) is 1.24. The van der Waals surface area contributed by atoms with Crippen LogP contribution >= 0.6 is 11.3 Å². The van der Waals surface area contributed by atoms with Crippen molar-refractivity contribution < 1.29 is 4.74 Å². The zero-order chi connectivity index (χ0) is 20.5. The van der Waals surface area contributed by atoms with Gasteiger partial charge in [0.2, 0.25) is 0 Å². The van der Waals surface area contributed by atoms with Crippen molar-refractivity contribution in [3.8, 4) is 33.4 Å². The molecule has 30 heavy (non-hydrogen) atoms. The summed E-state index contributed by atoms with van der Waals surface area (Å²) in [6, 6.07) is 24.8. The molecular formula is C24H17N3O2S. The highest BCUT2D eigenvalue weighted by molar-refractivity contribution is 7.13. The smallest absolute Gasteiger partial charge is 0.266 e. The number of fused-ring (bicyclic) bond motifs is 1. The number of rotatable bonds is 4. The van der Waals surface area contributed by atoms with Crippen LogP contribution in [0.15, 0.2) is 89.2 Å². The molecule has 5 nitrogen and oxygen atoms in total. The third-order valence-electron chi connectivity index (χ3n) is 4.90. The van der Waals surface area contributed by atoms with Crippen LogP contribution in [0.1, 0.15) is 0 Å². The minimum atomic E-state index is -0.128. The summed E-state index contributed by atoms with van der Waals surface area (Å²) in [7, 11) is 1.61. The van der Waals surface area contributed by atoms with Crippen LogP contribution in [0.2, 0.25) is 0 Å². The Labute approximate surface area is 176 Å². The van der Waals surface area contributed by atoms with E-state index in [0.29, 0.717) is 28.2 Å². The second kappa shape index (κ2) is 7.57. The Kier molecular flexibility index (Phi) is 4.61. The first-order chi connectivity index (χ1) is 14.8. The minimum absolute atomic E-state index is 0.128. The molecule has 2 heterocycles. The van der Waals surface area contributed by atoms with Gasteiger partial charge in [-0.15, -0.1) is 11.3 Å². The molecule has 5 rings (SSSR count). The highest BCUT2D eigenvalue weighted by Crippen LogP contribution is 2.35. The van der Waals surface area contributed by atoms with Gasteiger partial charge in [0.25, 0.3) is 5.56 Å². The Bertz CT molecular complexity index is 1410. The van der Waals surface area contributed by atoms with Gasteiger partial charge >= 0.3 is 0 Å². The van der Waals surface area contributed by atoms with E-state index in [-0.39, 0.29) is 5.56 Å². The summed E-state index contributed by atoms with van der Waals surface area (Å²) in [5, 5.41) is 0.565. The lowest BCUT2D eigenvalue weighted by Crippen LogP contribution is -2.21. The van der Waals surface area contributed by atoms with Crippen LogP contribution in [0.4, 0.5) is 0 Å². The molecule has 0 aliphatic carbocycles. The Hall–Kier alpha value is -3.77. The molecule has 2 aromatic heterocycles. The predicted molar refractivity (Wildman–Crippen MR) is 120 cm³/mol. The van der Waals surface area contributed by atoms with E-state index in [1.165, 1.54) is 11.3 Å². The van der Waals surface area contributed by atoms with Crippen molar-refractivity contribution in [3.63, 3.8) is 0 Å². The van der Waals surface area contributed by atoms with Crippen LogP contribution in [-0.4, -0.2) is 21.6 Å². The van der Waals surface area contributed by atoms with Gasteiger partial charge in [0.1, 0.15) is 5.75 Å². The molecule has 0 atom stereocenters. The largest absolute Gasteiger partial charge is 0.497 e. The lowest BCUT2D eigenvalue weighted by Gasteiger charge is -2.14. The van der Waals surface area contributed by atoms with Crippen LogP contribution in [0.5, 0.6) is 5.75 Å². The zero-order valence-corrected chi connectivity index (χ0v) is 17.0. The first-order valence-electron chi connectivity index (χ1n) is 9.42. The molecule has 5 aromatic rings. The average molecular weight is 411 g/mol.